The highest BCUT2D eigenvalue weighted by Crippen LogP contribution is 2.33. The van der Waals surface area contributed by atoms with Gasteiger partial charge in [0.05, 0.1) is 23.1 Å². The van der Waals surface area contributed by atoms with Crippen LogP contribution in [0.3, 0.4) is 0 Å². The fourth-order valence-electron chi connectivity index (χ4n) is 3.46. The Hall–Kier alpha value is -3.29. The maximum Gasteiger partial charge on any atom is 0.325 e. The zero-order valence-electron chi connectivity index (χ0n) is 14.7. The molecule has 1 atom stereocenters. The number of para-hydroxylation sites is 2. The predicted octanol–water partition coefficient (Wildman–Crippen LogP) is 2.82. The average Bonchev–Trinajstić information content (AvgIpc) is 3.05. The lowest BCUT2D eigenvalue weighted by Crippen LogP contribution is -2.42. The van der Waals surface area contributed by atoms with E-state index in [-0.39, 0.29) is 6.54 Å². The van der Waals surface area contributed by atoms with E-state index in [1.807, 2.05) is 24.3 Å². The molecule has 8 heteroatoms. The summed E-state index contributed by atoms with van der Waals surface area (Å²) in [4.78, 5) is 30.7. The third-order valence-electron chi connectivity index (χ3n) is 4.92. The number of rotatable bonds is 3. The van der Waals surface area contributed by atoms with Crippen LogP contribution in [0.2, 0.25) is 0 Å². The van der Waals surface area contributed by atoms with Crippen LogP contribution in [0.15, 0.2) is 42.5 Å². The molecule has 0 spiro atoms. The van der Waals surface area contributed by atoms with Crippen LogP contribution in [0.25, 0.3) is 11.0 Å². The van der Waals surface area contributed by atoms with Gasteiger partial charge in [-0.1, -0.05) is 18.2 Å². The summed E-state index contributed by atoms with van der Waals surface area (Å²) in [6, 6.07) is 9.98. The number of hydrogen-bond donors (Lipinski definition) is 1. The van der Waals surface area contributed by atoms with Gasteiger partial charge in [-0.25, -0.2) is 18.6 Å². The monoisotopic (exact) mass is 370 g/mol. The molecule has 0 saturated carbocycles. The molecule has 2 heterocycles. The molecule has 1 aliphatic heterocycles. The number of fused-ring (bicyclic) bond motifs is 1. The summed E-state index contributed by atoms with van der Waals surface area (Å²) in [5, 5.41) is 2.42. The zero-order chi connectivity index (χ0) is 19.3. The fourth-order valence-corrected chi connectivity index (χ4v) is 3.46. The molecule has 2 aromatic carbocycles. The summed E-state index contributed by atoms with van der Waals surface area (Å²) in [6.45, 7) is 1.19. The van der Waals surface area contributed by atoms with Crippen LogP contribution < -0.4 is 5.32 Å². The van der Waals surface area contributed by atoms with Crippen LogP contribution in [0.1, 0.15) is 18.3 Å². The molecule has 1 N–H and O–H groups in total. The van der Waals surface area contributed by atoms with Gasteiger partial charge in [0, 0.05) is 7.05 Å². The number of aromatic nitrogens is 2. The molecule has 0 bridgehead atoms. The molecular formula is C19H16F2N4O2. The minimum Gasteiger partial charge on any atom is -0.330 e. The fraction of sp³-hybridized carbons (Fsp3) is 0.211. The lowest BCUT2D eigenvalue weighted by Gasteiger charge is -2.23. The molecule has 138 valence electrons. The Morgan fingerprint density at radius 1 is 1.07 bits per heavy atom. The number of halogens is 2. The Morgan fingerprint density at radius 3 is 2.41 bits per heavy atom. The van der Waals surface area contributed by atoms with E-state index < -0.39 is 34.7 Å². The molecule has 0 aliphatic carbocycles. The Morgan fingerprint density at radius 2 is 1.74 bits per heavy atom. The highest BCUT2D eigenvalue weighted by molar-refractivity contribution is 6.07. The van der Waals surface area contributed by atoms with Crippen LogP contribution in [0, 0.1) is 11.6 Å². The van der Waals surface area contributed by atoms with Crippen molar-refractivity contribution in [3.8, 4) is 0 Å². The van der Waals surface area contributed by atoms with Crippen molar-refractivity contribution in [3.05, 3.63) is 65.5 Å². The van der Waals surface area contributed by atoms with E-state index in [0.29, 0.717) is 5.82 Å². The minimum atomic E-state index is -1.82. The number of aryl methyl sites for hydroxylation is 1. The number of nitrogens with zero attached hydrogens (tertiary/aromatic N) is 3. The third kappa shape index (κ3) is 2.48. The number of carbonyl (C=O) groups excluding carboxylic acids is 2. The van der Waals surface area contributed by atoms with Gasteiger partial charge in [-0.05, 0) is 31.2 Å². The van der Waals surface area contributed by atoms with Crippen LogP contribution in [0.5, 0.6) is 0 Å². The lowest BCUT2D eigenvalue weighted by molar-refractivity contribution is -0.131. The lowest BCUT2D eigenvalue weighted by atomic mass is 9.91. The Bertz CT molecular complexity index is 1070. The highest BCUT2D eigenvalue weighted by atomic mass is 19.1. The quantitative estimate of drug-likeness (QED) is 0.721. The summed E-state index contributed by atoms with van der Waals surface area (Å²) in [7, 11) is 1.78. The number of urea groups is 1. The summed E-state index contributed by atoms with van der Waals surface area (Å²) in [6.07, 6.45) is 0. The molecule has 1 aliphatic rings. The van der Waals surface area contributed by atoms with Crippen LogP contribution >= 0.6 is 0 Å². The van der Waals surface area contributed by atoms with E-state index in [2.05, 4.69) is 10.3 Å². The predicted molar refractivity (Wildman–Crippen MR) is 93.5 cm³/mol. The molecular weight excluding hydrogens is 354 g/mol. The van der Waals surface area contributed by atoms with E-state index in [0.717, 1.165) is 28.1 Å². The number of hydrogen-bond acceptors (Lipinski definition) is 3. The van der Waals surface area contributed by atoms with Gasteiger partial charge in [0.2, 0.25) is 0 Å². The summed E-state index contributed by atoms with van der Waals surface area (Å²) in [5.74, 6) is -2.03. The molecule has 4 rings (SSSR count). The standard InChI is InChI=1S/C19H16F2N4O2/c1-19(16-11(20)6-5-7-12(16)21)17(26)25(18(27)23-19)10-15-22-13-8-3-4-9-14(13)24(15)2/h3-9H,10H2,1-2H3,(H,23,27). The Kier molecular flexibility index (Phi) is 3.73. The van der Waals surface area contributed by atoms with Crippen LogP contribution in [-0.4, -0.2) is 26.4 Å². The maximum atomic E-state index is 14.2. The summed E-state index contributed by atoms with van der Waals surface area (Å²) < 4.78 is 30.2. The molecule has 1 unspecified atom stereocenters. The van der Waals surface area contributed by atoms with E-state index in [1.165, 1.54) is 13.0 Å². The first-order valence-corrected chi connectivity index (χ1v) is 8.32. The second-order valence-electron chi connectivity index (χ2n) is 6.62. The van der Waals surface area contributed by atoms with Crippen molar-refractivity contribution in [2.45, 2.75) is 19.0 Å². The van der Waals surface area contributed by atoms with Crippen LogP contribution in [0.4, 0.5) is 13.6 Å². The van der Waals surface area contributed by atoms with E-state index in [9.17, 15) is 18.4 Å². The molecule has 3 aromatic rings. The van der Waals surface area contributed by atoms with E-state index >= 15 is 0 Å². The second-order valence-corrected chi connectivity index (χ2v) is 6.62. The Balaban J connectivity index is 1.72. The first kappa shape index (κ1) is 17.1. The van der Waals surface area contributed by atoms with Gasteiger partial charge in [0.1, 0.15) is 23.0 Å². The van der Waals surface area contributed by atoms with Crippen LogP contribution in [-0.2, 0) is 23.9 Å². The smallest absolute Gasteiger partial charge is 0.325 e. The SMILES string of the molecule is Cn1c(CN2C(=O)NC(C)(c3c(F)cccc3F)C2=O)nc2ccccc21. The van der Waals surface area contributed by atoms with Crippen molar-refractivity contribution in [1.82, 2.24) is 19.8 Å². The highest BCUT2D eigenvalue weighted by Gasteiger charge is 2.51. The van der Waals surface area contributed by atoms with Crippen molar-refractivity contribution < 1.29 is 18.4 Å². The maximum absolute atomic E-state index is 14.2. The van der Waals surface area contributed by atoms with Crippen molar-refractivity contribution in [2.75, 3.05) is 0 Å². The van der Waals surface area contributed by atoms with Gasteiger partial charge in [-0.2, -0.15) is 0 Å². The number of imide groups is 1. The number of nitrogens with one attached hydrogen (secondary N) is 1. The molecule has 0 radical (unpaired) electrons. The van der Waals surface area contributed by atoms with Gasteiger partial charge in [-0.15, -0.1) is 0 Å². The first-order valence-electron chi connectivity index (χ1n) is 8.32. The number of amides is 3. The zero-order valence-corrected chi connectivity index (χ0v) is 14.7. The van der Waals surface area contributed by atoms with Crippen molar-refractivity contribution in [1.29, 1.82) is 0 Å². The van der Waals surface area contributed by atoms with Crippen molar-refractivity contribution >= 4 is 23.0 Å². The van der Waals surface area contributed by atoms with Gasteiger partial charge in [-0.3, -0.25) is 9.69 Å². The molecule has 1 saturated heterocycles. The third-order valence-corrected chi connectivity index (χ3v) is 4.92. The van der Waals surface area contributed by atoms with Gasteiger partial charge >= 0.3 is 6.03 Å². The van der Waals surface area contributed by atoms with Gasteiger partial charge in [0.15, 0.2) is 0 Å². The van der Waals surface area contributed by atoms with Crippen molar-refractivity contribution in [3.63, 3.8) is 0 Å². The molecule has 27 heavy (non-hydrogen) atoms. The number of benzene rings is 2. The van der Waals surface area contributed by atoms with Crippen molar-refractivity contribution in [2.24, 2.45) is 7.05 Å². The molecule has 1 fully saturated rings. The topological polar surface area (TPSA) is 67.2 Å². The molecule has 3 amide bonds. The number of imidazole rings is 1. The largest absolute Gasteiger partial charge is 0.330 e. The van der Waals surface area contributed by atoms with Gasteiger partial charge < -0.3 is 9.88 Å². The van der Waals surface area contributed by atoms with E-state index in [1.54, 1.807) is 11.6 Å². The van der Waals surface area contributed by atoms with Gasteiger partial charge in [0.25, 0.3) is 5.91 Å². The van der Waals surface area contributed by atoms with E-state index in [4.69, 9.17) is 0 Å². The molecule has 6 nitrogen and oxygen atoms in total. The average molecular weight is 370 g/mol. The Labute approximate surface area is 153 Å². The first-order chi connectivity index (χ1) is 12.8. The molecule has 1 aromatic heterocycles. The second kappa shape index (κ2) is 5.87. The summed E-state index contributed by atoms with van der Waals surface area (Å²) >= 11 is 0. The normalized spacial score (nSPS) is 19.8. The minimum absolute atomic E-state index is 0.110. The number of carbonyl (C=O) groups is 2. The summed E-state index contributed by atoms with van der Waals surface area (Å²) in [5.41, 5.74) is -0.722.